The summed E-state index contributed by atoms with van der Waals surface area (Å²) < 4.78 is 0. The first kappa shape index (κ1) is 11.9. The second-order valence-electron chi connectivity index (χ2n) is 3.91. The molecule has 6 heteroatoms. The van der Waals surface area contributed by atoms with Gasteiger partial charge in [-0.3, -0.25) is 9.59 Å². The molecule has 5 nitrogen and oxygen atoms in total. The van der Waals surface area contributed by atoms with Crippen LogP contribution in [0.3, 0.4) is 0 Å². The highest BCUT2D eigenvalue weighted by Crippen LogP contribution is 2.11. The van der Waals surface area contributed by atoms with Crippen molar-refractivity contribution < 1.29 is 9.59 Å². The third kappa shape index (κ3) is 2.55. The Morgan fingerprint density at radius 2 is 2.24 bits per heavy atom. The lowest BCUT2D eigenvalue weighted by Gasteiger charge is -2.31. The van der Waals surface area contributed by atoms with Crippen molar-refractivity contribution in [2.75, 3.05) is 26.7 Å². The standard InChI is InChI=1S/C11H12ClN3O2/c1-14-4-5-15(7-10(14)16)11(17)8-2-3-13-9(12)6-8/h2-3,6H,4-5,7H2,1H3. The van der Waals surface area contributed by atoms with Crippen molar-refractivity contribution in [3.63, 3.8) is 0 Å². The summed E-state index contributed by atoms with van der Waals surface area (Å²) in [5.74, 6) is -0.236. The number of likely N-dealkylation sites (N-methyl/N-ethyl adjacent to an activating group) is 1. The molecule has 17 heavy (non-hydrogen) atoms. The molecule has 1 saturated heterocycles. The molecular formula is C11H12ClN3O2. The quantitative estimate of drug-likeness (QED) is 0.691. The highest BCUT2D eigenvalue weighted by molar-refractivity contribution is 6.29. The van der Waals surface area contributed by atoms with Gasteiger partial charge in [0.15, 0.2) is 0 Å². The first-order chi connectivity index (χ1) is 8.08. The minimum absolute atomic E-state index is 0.0512. The van der Waals surface area contributed by atoms with Crippen molar-refractivity contribution in [3.05, 3.63) is 29.0 Å². The average molecular weight is 254 g/mol. The summed E-state index contributed by atoms with van der Waals surface area (Å²) in [5.41, 5.74) is 0.461. The average Bonchev–Trinajstić information content (AvgIpc) is 2.32. The van der Waals surface area contributed by atoms with E-state index in [-0.39, 0.29) is 23.5 Å². The smallest absolute Gasteiger partial charge is 0.254 e. The molecule has 0 atom stereocenters. The van der Waals surface area contributed by atoms with Crippen molar-refractivity contribution in [1.29, 1.82) is 0 Å². The van der Waals surface area contributed by atoms with Gasteiger partial charge in [-0.25, -0.2) is 4.98 Å². The second-order valence-corrected chi connectivity index (χ2v) is 4.30. The van der Waals surface area contributed by atoms with Crippen molar-refractivity contribution in [3.8, 4) is 0 Å². The van der Waals surface area contributed by atoms with Gasteiger partial charge < -0.3 is 9.80 Å². The number of pyridine rings is 1. The van der Waals surface area contributed by atoms with Crippen LogP contribution < -0.4 is 0 Å². The van der Waals surface area contributed by atoms with Gasteiger partial charge in [-0.1, -0.05) is 11.6 Å². The van der Waals surface area contributed by atoms with E-state index >= 15 is 0 Å². The molecule has 1 aliphatic heterocycles. The number of carbonyl (C=O) groups is 2. The largest absolute Gasteiger partial charge is 0.342 e. The fraction of sp³-hybridized carbons (Fsp3) is 0.364. The Morgan fingerprint density at radius 3 is 2.88 bits per heavy atom. The number of halogens is 1. The van der Waals surface area contributed by atoms with Gasteiger partial charge in [-0.05, 0) is 12.1 Å². The fourth-order valence-corrected chi connectivity index (χ4v) is 1.82. The van der Waals surface area contributed by atoms with Gasteiger partial charge in [0.05, 0.1) is 0 Å². The van der Waals surface area contributed by atoms with Crippen LogP contribution in [0, 0.1) is 0 Å². The zero-order chi connectivity index (χ0) is 12.4. The predicted octanol–water partition coefficient (Wildman–Crippen LogP) is 0.649. The maximum Gasteiger partial charge on any atom is 0.254 e. The van der Waals surface area contributed by atoms with Gasteiger partial charge in [-0.2, -0.15) is 0 Å². The summed E-state index contributed by atoms with van der Waals surface area (Å²) in [7, 11) is 1.73. The molecule has 90 valence electrons. The van der Waals surface area contributed by atoms with Crippen LogP contribution in [0.15, 0.2) is 18.3 Å². The van der Waals surface area contributed by atoms with E-state index in [2.05, 4.69) is 4.98 Å². The molecule has 0 N–H and O–H groups in total. The van der Waals surface area contributed by atoms with Crippen LogP contribution in [-0.4, -0.2) is 53.3 Å². The molecule has 2 heterocycles. The monoisotopic (exact) mass is 253 g/mol. The maximum atomic E-state index is 12.1. The van der Waals surface area contributed by atoms with E-state index in [0.717, 1.165) is 0 Å². The number of amides is 2. The Morgan fingerprint density at radius 1 is 1.47 bits per heavy atom. The van der Waals surface area contributed by atoms with E-state index in [1.165, 1.54) is 17.2 Å². The normalized spacial score (nSPS) is 16.2. The van der Waals surface area contributed by atoms with Crippen LogP contribution in [0.2, 0.25) is 5.15 Å². The topological polar surface area (TPSA) is 53.5 Å². The molecule has 0 aromatic carbocycles. The molecule has 0 radical (unpaired) electrons. The molecule has 1 aliphatic rings. The van der Waals surface area contributed by atoms with Gasteiger partial charge in [0.2, 0.25) is 5.91 Å². The van der Waals surface area contributed by atoms with Crippen molar-refractivity contribution >= 4 is 23.4 Å². The van der Waals surface area contributed by atoms with Crippen molar-refractivity contribution in [1.82, 2.24) is 14.8 Å². The van der Waals surface area contributed by atoms with Crippen LogP contribution in [0.4, 0.5) is 0 Å². The van der Waals surface area contributed by atoms with Crippen LogP contribution in [0.1, 0.15) is 10.4 Å². The molecule has 0 unspecified atom stereocenters. The van der Waals surface area contributed by atoms with Crippen LogP contribution in [-0.2, 0) is 4.79 Å². The highest BCUT2D eigenvalue weighted by Gasteiger charge is 2.25. The molecule has 0 bridgehead atoms. The van der Waals surface area contributed by atoms with Crippen LogP contribution in [0.5, 0.6) is 0 Å². The molecule has 0 spiro atoms. The Balaban J connectivity index is 2.13. The van der Waals surface area contributed by atoms with Crippen LogP contribution in [0.25, 0.3) is 0 Å². The van der Waals surface area contributed by atoms with Crippen LogP contribution >= 0.6 is 11.6 Å². The third-order valence-corrected chi connectivity index (χ3v) is 2.92. The zero-order valence-electron chi connectivity index (χ0n) is 9.39. The molecule has 2 rings (SSSR count). The van der Waals surface area contributed by atoms with E-state index in [1.807, 2.05) is 0 Å². The van der Waals surface area contributed by atoms with Crippen molar-refractivity contribution in [2.45, 2.75) is 0 Å². The molecule has 1 aromatic heterocycles. The number of piperazine rings is 1. The van der Waals surface area contributed by atoms with Gasteiger partial charge in [0.1, 0.15) is 11.7 Å². The van der Waals surface area contributed by atoms with Gasteiger partial charge in [0, 0.05) is 31.9 Å². The zero-order valence-corrected chi connectivity index (χ0v) is 10.1. The Bertz CT molecular complexity index is 464. The molecule has 1 fully saturated rings. The summed E-state index contributed by atoms with van der Waals surface area (Å²) in [6, 6.07) is 3.10. The van der Waals surface area contributed by atoms with Gasteiger partial charge >= 0.3 is 0 Å². The Hall–Kier alpha value is -1.62. The molecule has 0 aliphatic carbocycles. The summed E-state index contributed by atoms with van der Waals surface area (Å²) >= 11 is 5.72. The number of nitrogens with zero attached hydrogens (tertiary/aromatic N) is 3. The third-order valence-electron chi connectivity index (χ3n) is 2.72. The number of hydrogen-bond acceptors (Lipinski definition) is 3. The summed E-state index contributed by atoms with van der Waals surface area (Å²) in [4.78, 5) is 30.5. The SMILES string of the molecule is CN1CCN(C(=O)c2ccnc(Cl)c2)CC1=O. The van der Waals surface area contributed by atoms with E-state index in [0.29, 0.717) is 18.7 Å². The van der Waals surface area contributed by atoms with E-state index in [1.54, 1.807) is 18.0 Å². The number of aromatic nitrogens is 1. The highest BCUT2D eigenvalue weighted by atomic mass is 35.5. The number of carbonyl (C=O) groups excluding carboxylic acids is 2. The number of hydrogen-bond donors (Lipinski definition) is 0. The Labute approximate surface area is 104 Å². The lowest BCUT2D eigenvalue weighted by atomic mass is 10.2. The minimum atomic E-state index is -0.184. The van der Waals surface area contributed by atoms with E-state index in [9.17, 15) is 9.59 Å². The Kier molecular flexibility index (Phi) is 3.28. The lowest BCUT2D eigenvalue weighted by molar-refractivity contribution is -0.133. The summed E-state index contributed by atoms with van der Waals surface area (Å²) in [6.07, 6.45) is 1.48. The van der Waals surface area contributed by atoms with E-state index < -0.39 is 0 Å². The number of rotatable bonds is 1. The van der Waals surface area contributed by atoms with Crippen molar-refractivity contribution in [2.24, 2.45) is 0 Å². The summed E-state index contributed by atoms with van der Waals surface area (Å²) in [6.45, 7) is 1.22. The van der Waals surface area contributed by atoms with E-state index in [4.69, 9.17) is 11.6 Å². The van der Waals surface area contributed by atoms with Gasteiger partial charge in [-0.15, -0.1) is 0 Å². The summed E-state index contributed by atoms with van der Waals surface area (Å²) in [5, 5.41) is 0.274. The second kappa shape index (κ2) is 4.71. The first-order valence-electron chi connectivity index (χ1n) is 5.23. The first-order valence-corrected chi connectivity index (χ1v) is 5.60. The molecular weight excluding hydrogens is 242 g/mol. The maximum absolute atomic E-state index is 12.1. The van der Waals surface area contributed by atoms with Gasteiger partial charge in [0.25, 0.3) is 5.91 Å². The minimum Gasteiger partial charge on any atom is -0.342 e. The molecule has 2 amide bonds. The lowest BCUT2D eigenvalue weighted by Crippen LogP contribution is -2.50. The molecule has 0 saturated carbocycles. The molecule has 1 aromatic rings. The fourth-order valence-electron chi connectivity index (χ4n) is 1.65. The predicted molar refractivity (Wildman–Crippen MR) is 62.8 cm³/mol.